The zero-order valence-corrected chi connectivity index (χ0v) is 14.1. The van der Waals surface area contributed by atoms with Crippen molar-refractivity contribution in [1.29, 1.82) is 0 Å². The molecule has 0 bridgehead atoms. The Labute approximate surface area is 145 Å². The maximum atomic E-state index is 12.5. The van der Waals surface area contributed by atoms with Gasteiger partial charge >= 0.3 is 0 Å². The minimum absolute atomic E-state index is 0.0732. The van der Waals surface area contributed by atoms with Crippen LogP contribution in [0.1, 0.15) is 16.2 Å². The number of aliphatic hydroxyl groups is 2. The van der Waals surface area contributed by atoms with E-state index in [1.54, 1.807) is 26.1 Å². The number of oxazole rings is 1. The second-order valence-corrected chi connectivity index (χ2v) is 6.02. The Kier molecular flexibility index (Phi) is 4.83. The minimum Gasteiger partial charge on any atom is -0.441 e. The summed E-state index contributed by atoms with van der Waals surface area (Å²) in [5, 5.41) is 18.4. The first-order valence-corrected chi connectivity index (χ1v) is 8.00. The first-order valence-electron chi connectivity index (χ1n) is 8.00. The lowest BCUT2D eigenvalue weighted by atomic mass is 10.0. The lowest BCUT2D eigenvalue weighted by Gasteiger charge is -2.20. The average molecular weight is 340 g/mol. The summed E-state index contributed by atoms with van der Waals surface area (Å²) in [5.74, 6) is 0.396. The Morgan fingerprint density at radius 2 is 2.00 bits per heavy atom. The molecule has 0 aliphatic rings. The molecule has 1 aromatic heterocycles. The van der Waals surface area contributed by atoms with Gasteiger partial charge in [0.2, 0.25) is 0 Å². The molecule has 2 N–H and O–H groups in total. The highest BCUT2D eigenvalue weighted by Crippen LogP contribution is 2.25. The summed E-state index contributed by atoms with van der Waals surface area (Å²) in [7, 11) is 1.60. The Bertz CT molecular complexity index is 903. The van der Waals surface area contributed by atoms with E-state index in [9.17, 15) is 9.90 Å². The predicted molar refractivity (Wildman–Crippen MR) is 94.2 cm³/mol. The highest BCUT2D eigenvalue weighted by atomic mass is 16.3. The molecule has 0 aliphatic heterocycles. The number of aliphatic hydroxyl groups excluding tert-OH is 2. The summed E-state index contributed by atoms with van der Waals surface area (Å²) < 4.78 is 5.48. The maximum absolute atomic E-state index is 12.5. The molecule has 1 unspecified atom stereocenters. The molecule has 1 amide bonds. The fourth-order valence-corrected chi connectivity index (χ4v) is 2.73. The molecule has 0 spiro atoms. The van der Waals surface area contributed by atoms with Crippen molar-refractivity contribution in [3.05, 3.63) is 53.9 Å². The van der Waals surface area contributed by atoms with Crippen LogP contribution in [0.25, 0.3) is 22.2 Å². The first-order chi connectivity index (χ1) is 12.0. The van der Waals surface area contributed by atoms with Crippen molar-refractivity contribution < 1.29 is 19.4 Å². The smallest absolute Gasteiger partial charge is 0.253 e. The predicted octanol–water partition coefficient (Wildman–Crippen LogP) is 2.23. The van der Waals surface area contributed by atoms with E-state index in [1.807, 2.05) is 30.3 Å². The summed E-state index contributed by atoms with van der Waals surface area (Å²) in [6.07, 6.45) is -0.949. The number of benzene rings is 2. The van der Waals surface area contributed by atoms with Crippen LogP contribution in [0.2, 0.25) is 0 Å². The first kappa shape index (κ1) is 17.1. The number of carbonyl (C=O) groups is 1. The molecule has 6 heteroatoms. The molecule has 1 heterocycles. The second-order valence-electron chi connectivity index (χ2n) is 6.02. The molecule has 6 nitrogen and oxygen atoms in total. The molecule has 0 saturated heterocycles. The van der Waals surface area contributed by atoms with E-state index in [1.165, 1.54) is 4.90 Å². The van der Waals surface area contributed by atoms with Crippen molar-refractivity contribution in [1.82, 2.24) is 9.88 Å². The number of likely N-dealkylation sites (N-methyl/N-ethyl adjacent to an activating group) is 1. The zero-order valence-electron chi connectivity index (χ0n) is 14.1. The molecule has 0 aliphatic carbocycles. The molecule has 3 rings (SSSR count). The van der Waals surface area contributed by atoms with Gasteiger partial charge in [-0.25, -0.2) is 4.98 Å². The highest BCUT2D eigenvalue weighted by Gasteiger charge is 2.16. The van der Waals surface area contributed by atoms with Crippen LogP contribution >= 0.6 is 0 Å². The third-order valence-corrected chi connectivity index (χ3v) is 3.98. The fourth-order valence-electron chi connectivity index (χ4n) is 2.73. The number of amides is 1. The lowest BCUT2D eigenvalue weighted by molar-refractivity contribution is 0.0520. The van der Waals surface area contributed by atoms with Crippen molar-refractivity contribution in [2.75, 3.05) is 20.2 Å². The summed E-state index contributed by atoms with van der Waals surface area (Å²) in [4.78, 5) is 18.2. The fraction of sp³-hybridized carbons (Fsp3) is 0.263. The van der Waals surface area contributed by atoms with E-state index >= 15 is 0 Å². The van der Waals surface area contributed by atoms with E-state index in [0.29, 0.717) is 11.5 Å². The van der Waals surface area contributed by atoms with E-state index in [4.69, 9.17) is 9.52 Å². The normalized spacial score (nSPS) is 12.3. The molecule has 2 aromatic carbocycles. The number of aryl methyl sites for hydroxylation is 1. The molecule has 0 fully saturated rings. The lowest BCUT2D eigenvalue weighted by Crippen LogP contribution is -2.35. The number of fused-ring (bicyclic) bond motifs is 1. The number of carbonyl (C=O) groups excluding carboxylic acids is 1. The van der Waals surface area contributed by atoms with Crippen LogP contribution in [0, 0.1) is 6.92 Å². The largest absolute Gasteiger partial charge is 0.441 e. The molecule has 3 aromatic rings. The van der Waals surface area contributed by atoms with Gasteiger partial charge in [0.05, 0.1) is 12.7 Å². The Morgan fingerprint density at radius 3 is 2.76 bits per heavy atom. The van der Waals surface area contributed by atoms with E-state index in [2.05, 4.69) is 4.98 Å². The van der Waals surface area contributed by atoms with Gasteiger partial charge in [-0.15, -0.1) is 0 Å². The van der Waals surface area contributed by atoms with Crippen molar-refractivity contribution in [2.24, 2.45) is 0 Å². The van der Waals surface area contributed by atoms with Gasteiger partial charge in [-0.05, 0) is 35.4 Å². The van der Waals surface area contributed by atoms with Crippen LogP contribution < -0.4 is 0 Å². The van der Waals surface area contributed by atoms with E-state index < -0.39 is 6.10 Å². The number of hydrogen-bond donors (Lipinski definition) is 2. The summed E-state index contributed by atoms with van der Waals surface area (Å²) in [5.41, 5.74) is 3.85. The van der Waals surface area contributed by atoms with Gasteiger partial charge in [0.1, 0.15) is 5.52 Å². The van der Waals surface area contributed by atoms with E-state index in [0.717, 1.165) is 22.2 Å². The van der Waals surface area contributed by atoms with Crippen LogP contribution in [0.15, 0.2) is 46.9 Å². The topological polar surface area (TPSA) is 86.8 Å². The van der Waals surface area contributed by atoms with Gasteiger partial charge in [-0.3, -0.25) is 4.79 Å². The SMILES string of the molecule is Cc1nc2cc(-c3cccc(C(=O)N(C)CC(O)CO)c3)ccc2o1. The summed E-state index contributed by atoms with van der Waals surface area (Å²) >= 11 is 0. The van der Waals surface area contributed by atoms with Gasteiger partial charge in [0.25, 0.3) is 5.91 Å². The summed E-state index contributed by atoms with van der Waals surface area (Å²) in [6, 6.07) is 13.0. The molecule has 25 heavy (non-hydrogen) atoms. The van der Waals surface area contributed by atoms with Crippen LogP contribution in [-0.2, 0) is 0 Å². The Balaban J connectivity index is 1.88. The van der Waals surface area contributed by atoms with Gasteiger partial charge < -0.3 is 19.5 Å². The van der Waals surface area contributed by atoms with Gasteiger partial charge in [0.15, 0.2) is 11.5 Å². The van der Waals surface area contributed by atoms with Crippen LogP contribution in [0.5, 0.6) is 0 Å². The molecule has 0 radical (unpaired) electrons. The number of nitrogens with zero attached hydrogens (tertiary/aromatic N) is 2. The zero-order chi connectivity index (χ0) is 18.0. The third-order valence-electron chi connectivity index (χ3n) is 3.98. The Hall–Kier alpha value is -2.70. The quantitative estimate of drug-likeness (QED) is 0.744. The van der Waals surface area contributed by atoms with Crippen LogP contribution in [-0.4, -0.2) is 52.3 Å². The summed E-state index contributed by atoms with van der Waals surface area (Å²) in [6.45, 7) is 1.49. The molecule has 0 saturated carbocycles. The second kappa shape index (κ2) is 7.04. The molecule has 1 atom stereocenters. The van der Waals surface area contributed by atoms with Crippen molar-refractivity contribution in [3.8, 4) is 11.1 Å². The molecular weight excluding hydrogens is 320 g/mol. The van der Waals surface area contributed by atoms with Crippen molar-refractivity contribution in [2.45, 2.75) is 13.0 Å². The van der Waals surface area contributed by atoms with E-state index in [-0.39, 0.29) is 19.1 Å². The van der Waals surface area contributed by atoms with Crippen LogP contribution in [0.3, 0.4) is 0 Å². The average Bonchev–Trinajstić information content (AvgIpc) is 3.00. The molecular formula is C19H20N2O4. The van der Waals surface area contributed by atoms with Crippen LogP contribution in [0.4, 0.5) is 0 Å². The number of aromatic nitrogens is 1. The van der Waals surface area contributed by atoms with Crippen molar-refractivity contribution >= 4 is 17.0 Å². The molecule has 130 valence electrons. The number of hydrogen-bond acceptors (Lipinski definition) is 5. The monoisotopic (exact) mass is 340 g/mol. The van der Waals surface area contributed by atoms with Gasteiger partial charge in [0, 0.05) is 26.1 Å². The standard InChI is InChI=1S/C19H20N2O4/c1-12-20-17-9-14(6-7-18(17)25-12)13-4-3-5-15(8-13)19(24)21(2)10-16(23)11-22/h3-9,16,22-23H,10-11H2,1-2H3. The van der Waals surface area contributed by atoms with Gasteiger partial charge in [-0.2, -0.15) is 0 Å². The minimum atomic E-state index is -0.949. The van der Waals surface area contributed by atoms with Crippen molar-refractivity contribution in [3.63, 3.8) is 0 Å². The number of rotatable bonds is 5. The maximum Gasteiger partial charge on any atom is 0.253 e. The highest BCUT2D eigenvalue weighted by molar-refractivity contribution is 5.95. The van der Waals surface area contributed by atoms with Gasteiger partial charge in [-0.1, -0.05) is 18.2 Å². The third kappa shape index (κ3) is 3.70. The Morgan fingerprint density at radius 1 is 1.24 bits per heavy atom.